The van der Waals surface area contributed by atoms with Crippen LogP contribution in [-0.4, -0.2) is 75.5 Å². The van der Waals surface area contributed by atoms with E-state index in [1.165, 1.54) is 24.0 Å². The molecule has 0 heterocycles. The van der Waals surface area contributed by atoms with Gasteiger partial charge in [0.1, 0.15) is 0 Å². The molecule has 0 saturated carbocycles. The van der Waals surface area contributed by atoms with Gasteiger partial charge in [0.05, 0.1) is 13.7 Å². The maximum absolute atomic E-state index is 11.5. The molecular weight excluding hydrogens is 256 g/mol. The Bertz CT molecular complexity index is 320. The summed E-state index contributed by atoms with van der Waals surface area (Å²) in [7, 11) is 4.32. The minimum absolute atomic E-state index is 0.232. The summed E-state index contributed by atoms with van der Waals surface area (Å²) in [6, 6.07) is 0. The van der Waals surface area contributed by atoms with Crippen LogP contribution in [0.3, 0.4) is 0 Å². The van der Waals surface area contributed by atoms with E-state index in [0.29, 0.717) is 0 Å². The van der Waals surface area contributed by atoms with E-state index in [1.807, 2.05) is 0 Å². The summed E-state index contributed by atoms with van der Waals surface area (Å²) >= 11 is 0. The largest absolute Gasteiger partial charge is 0.463 e. The molecule has 8 heteroatoms. The molecule has 0 N–H and O–H groups in total. The second-order valence-electron chi connectivity index (χ2n) is 3.67. The Hall–Kier alpha value is -1.99. The van der Waals surface area contributed by atoms with Gasteiger partial charge >= 0.3 is 18.2 Å². The van der Waals surface area contributed by atoms with Gasteiger partial charge in [-0.15, -0.1) is 0 Å². The average molecular weight is 276 g/mol. The molecule has 0 aromatic rings. The molecule has 0 fully saturated rings. The highest BCUT2D eigenvalue weighted by Gasteiger charge is 2.15. The van der Waals surface area contributed by atoms with Gasteiger partial charge in [-0.3, -0.25) is 0 Å². The average Bonchev–Trinajstić information content (AvgIpc) is 2.40. The van der Waals surface area contributed by atoms with Crippen molar-refractivity contribution in [1.82, 2.24) is 9.80 Å². The highest BCUT2D eigenvalue weighted by molar-refractivity contribution is 5.75. The Balaban J connectivity index is 3.94. The number of esters is 1. The van der Waals surface area contributed by atoms with Crippen molar-refractivity contribution in [2.24, 2.45) is 0 Å². The summed E-state index contributed by atoms with van der Waals surface area (Å²) in [6.45, 7) is 2.01. The fourth-order valence-corrected chi connectivity index (χ4v) is 1.07. The molecular formula is C11H20N2O6. The van der Waals surface area contributed by atoms with Crippen LogP contribution in [-0.2, 0) is 19.0 Å². The first-order valence-corrected chi connectivity index (χ1v) is 5.75. The van der Waals surface area contributed by atoms with E-state index in [2.05, 4.69) is 9.47 Å². The van der Waals surface area contributed by atoms with E-state index < -0.39 is 24.8 Å². The third-order valence-corrected chi connectivity index (χ3v) is 2.19. The lowest BCUT2D eigenvalue weighted by Crippen LogP contribution is -2.38. The number of likely N-dealkylation sites (N-methyl/N-ethyl adjacent to an activating group) is 2. The Morgan fingerprint density at radius 2 is 1.47 bits per heavy atom. The monoisotopic (exact) mass is 276 g/mol. The Morgan fingerprint density at radius 3 is 1.95 bits per heavy atom. The lowest BCUT2D eigenvalue weighted by molar-refractivity contribution is -0.146. The van der Waals surface area contributed by atoms with Crippen LogP contribution < -0.4 is 0 Å². The lowest BCUT2D eigenvalue weighted by atomic mass is 10.5. The number of methoxy groups -OCH3 is 1. The second kappa shape index (κ2) is 9.01. The molecule has 0 aliphatic heterocycles. The number of carbonyl (C=O) groups excluding carboxylic acids is 3. The maximum atomic E-state index is 11.5. The minimum Gasteiger partial charge on any atom is -0.463 e. The number of carbonyl (C=O) groups is 3. The molecule has 0 bridgehead atoms. The molecule has 2 amide bonds. The van der Waals surface area contributed by atoms with Crippen molar-refractivity contribution in [3.05, 3.63) is 0 Å². The Kier molecular flexibility index (Phi) is 8.07. The first-order chi connectivity index (χ1) is 8.92. The van der Waals surface area contributed by atoms with E-state index in [1.54, 1.807) is 14.0 Å². The van der Waals surface area contributed by atoms with Crippen molar-refractivity contribution in [2.75, 3.05) is 47.5 Å². The SMILES string of the molecule is CCOC(=O)COC(=O)N(C)CCN(C)C(=O)OC. The zero-order valence-electron chi connectivity index (χ0n) is 11.7. The predicted molar refractivity (Wildman–Crippen MR) is 65.6 cm³/mol. The van der Waals surface area contributed by atoms with Crippen molar-refractivity contribution in [3.63, 3.8) is 0 Å². The van der Waals surface area contributed by atoms with E-state index >= 15 is 0 Å². The second-order valence-corrected chi connectivity index (χ2v) is 3.67. The van der Waals surface area contributed by atoms with Crippen LogP contribution in [0.5, 0.6) is 0 Å². The molecule has 0 aliphatic rings. The topological polar surface area (TPSA) is 85.4 Å². The molecule has 0 rings (SSSR count). The molecule has 110 valence electrons. The minimum atomic E-state index is -0.661. The fraction of sp³-hybridized carbons (Fsp3) is 0.727. The van der Waals surface area contributed by atoms with Gasteiger partial charge in [-0.1, -0.05) is 0 Å². The van der Waals surface area contributed by atoms with Gasteiger partial charge in [-0.2, -0.15) is 0 Å². The van der Waals surface area contributed by atoms with Crippen LogP contribution in [0, 0.1) is 0 Å². The number of hydrogen-bond acceptors (Lipinski definition) is 6. The van der Waals surface area contributed by atoms with E-state index in [-0.39, 0.29) is 19.7 Å². The van der Waals surface area contributed by atoms with Crippen LogP contribution in [0.15, 0.2) is 0 Å². The third kappa shape index (κ3) is 7.12. The van der Waals surface area contributed by atoms with E-state index in [4.69, 9.17) is 4.74 Å². The van der Waals surface area contributed by atoms with Gasteiger partial charge in [0, 0.05) is 27.2 Å². The number of nitrogens with zero attached hydrogens (tertiary/aromatic N) is 2. The molecule has 0 radical (unpaired) electrons. The first-order valence-electron chi connectivity index (χ1n) is 5.75. The number of rotatable bonds is 6. The summed E-state index contributed by atoms with van der Waals surface area (Å²) < 4.78 is 13.8. The zero-order chi connectivity index (χ0) is 14.8. The maximum Gasteiger partial charge on any atom is 0.410 e. The van der Waals surface area contributed by atoms with Crippen molar-refractivity contribution >= 4 is 18.2 Å². The Labute approximate surface area is 112 Å². The lowest BCUT2D eigenvalue weighted by Gasteiger charge is -2.20. The smallest absolute Gasteiger partial charge is 0.410 e. The molecule has 0 atom stereocenters. The predicted octanol–water partition coefficient (Wildman–Crippen LogP) is 0.316. The van der Waals surface area contributed by atoms with E-state index in [9.17, 15) is 14.4 Å². The normalized spacial score (nSPS) is 9.47. The van der Waals surface area contributed by atoms with Gasteiger partial charge < -0.3 is 24.0 Å². The summed E-state index contributed by atoms with van der Waals surface area (Å²) in [4.78, 5) is 36.1. The Morgan fingerprint density at radius 1 is 0.947 bits per heavy atom. The summed E-state index contributed by atoms with van der Waals surface area (Å²) in [6.07, 6.45) is -1.15. The molecule has 8 nitrogen and oxygen atoms in total. The zero-order valence-corrected chi connectivity index (χ0v) is 11.7. The first kappa shape index (κ1) is 17.0. The fourth-order valence-electron chi connectivity index (χ4n) is 1.07. The number of amides is 2. The quantitative estimate of drug-likeness (QED) is 0.513. The van der Waals surface area contributed by atoms with Gasteiger partial charge in [-0.25, -0.2) is 14.4 Å². The van der Waals surface area contributed by atoms with E-state index in [0.717, 1.165) is 0 Å². The highest BCUT2D eigenvalue weighted by atomic mass is 16.6. The molecule has 0 saturated heterocycles. The van der Waals surface area contributed by atoms with Crippen molar-refractivity contribution in [3.8, 4) is 0 Å². The number of hydrogen-bond donors (Lipinski definition) is 0. The van der Waals surface area contributed by atoms with Crippen LogP contribution in [0.25, 0.3) is 0 Å². The summed E-state index contributed by atoms with van der Waals surface area (Å²) in [5.41, 5.74) is 0. The van der Waals surface area contributed by atoms with Crippen molar-refractivity contribution in [2.45, 2.75) is 6.92 Å². The standard InChI is InChI=1S/C11H20N2O6/c1-5-18-9(14)8-19-11(16)13(3)7-6-12(2)10(15)17-4/h5-8H2,1-4H3. The molecule has 0 unspecified atom stereocenters. The molecule has 0 spiro atoms. The van der Waals surface area contributed by atoms with Crippen LogP contribution >= 0.6 is 0 Å². The van der Waals surface area contributed by atoms with Crippen LogP contribution in [0.1, 0.15) is 6.92 Å². The van der Waals surface area contributed by atoms with Gasteiger partial charge in [0.25, 0.3) is 0 Å². The van der Waals surface area contributed by atoms with Crippen LogP contribution in [0.4, 0.5) is 9.59 Å². The third-order valence-electron chi connectivity index (χ3n) is 2.19. The number of ether oxygens (including phenoxy) is 3. The van der Waals surface area contributed by atoms with Crippen LogP contribution in [0.2, 0.25) is 0 Å². The van der Waals surface area contributed by atoms with Gasteiger partial charge in [0.2, 0.25) is 0 Å². The summed E-state index contributed by atoms with van der Waals surface area (Å²) in [5, 5.41) is 0. The van der Waals surface area contributed by atoms with Gasteiger partial charge in [0.15, 0.2) is 6.61 Å². The molecule has 0 aromatic carbocycles. The molecule has 0 aromatic heterocycles. The molecule has 19 heavy (non-hydrogen) atoms. The van der Waals surface area contributed by atoms with Gasteiger partial charge in [-0.05, 0) is 6.92 Å². The van der Waals surface area contributed by atoms with Crippen molar-refractivity contribution in [1.29, 1.82) is 0 Å². The highest BCUT2D eigenvalue weighted by Crippen LogP contribution is 1.94. The summed E-state index contributed by atoms with van der Waals surface area (Å²) in [5.74, 6) is -0.601. The molecule has 0 aliphatic carbocycles. The van der Waals surface area contributed by atoms with Crippen molar-refractivity contribution < 1.29 is 28.6 Å².